The van der Waals surface area contributed by atoms with Crippen molar-refractivity contribution in [3.05, 3.63) is 193 Å². The van der Waals surface area contributed by atoms with Gasteiger partial charge >= 0.3 is 0 Å². The second-order valence-corrected chi connectivity index (χ2v) is 15.2. The van der Waals surface area contributed by atoms with Crippen LogP contribution in [-0.4, -0.2) is 4.98 Å². The number of benzene rings is 8. The summed E-state index contributed by atoms with van der Waals surface area (Å²) in [6.45, 7) is 4.68. The normalized spacial score (nSPS) is 13.0. The van der Waals surface area contributed by atoms with Gasteiger partial charge in [-0.05, 0) is 99.6 Å². The molecular weight excluding hydrogens is 685 g/mol. The summed E-state index contributed by atoms with van der Waals surface area (Å²) in [7, 11) is 0. The predicted molar refractivity (Wildman–Crippen MR) is 230 cm³/mol. The fourth-order valence-corrected chi connectivity index (χ4v) is 8.67. The van der Waals surface area contributed by atoms with Crippen LogP contribution < -0.4 is 4.90 Å². The number of fused-ring (bicyclic) bond motifs is 7. The molecule has 1 aliphatic rings. The van der Waals surface area contributed by atoms with Crippen LogP contribution in [0.2, 0.25) is 0 Å². The molecule has 56 heavy (non-hydrogen) atoms. The Labute approximate surface area is 324 Å². The molecule has 1 aliphatic carbocycles. The van der Waals surface area contributed by atoms with Crippen molar-refractivity contribution in [1.82, 2.24) is 4.98 Å². The van der Waals surface area contributed by atoms with Gasteiger partial charge in [-0.3, -0.25) is 0 Å². The summed E-state index contributed by atoms with van der Waals surface area (Å²) >= 11 is 0. The zero-order valence-corrected chi connectivity index (χ0v) is 31.0. The van der Waals surface area contributed by atoms with E-state index in [9.17, 15) is 0 Å². The molecule has 4 heteroatoms. The van der Waals surface area contributed by atoms with E-state index in [-0.39, 0.29) is 5.41 Å². The van der Waals surface area contributed by atoms with Crippen LogP contribution in [0.4, 0.5) is 17.1 Å². The van der Waals surface area contributed by atoms with Crippen LogP contribution >= 0.6 is 0 Å². The van der Waals surface area contributed by atoms with Crippen LogP contribution in [0.1, 0.15) is 25.0 Å². The van der Waals surface area contributed by atoms with Crippen molar-refractivity contribution in [3.8, 4) is 44.8 Å². The standard InChI is InChI=1S/C52H36N2O2/c1-52(2)43-17-10-9-16-40(43)50-44(52)18-11-19-46(50)54(38-25-20-34(21-26-38)33-12-5-3-6-13-33)39-27-22-35(23-28-39)37-24-29-47-41(30-37)42-31-49-45(32-48(42)55-47)53-51(56-49)36-14-7-4-8-15-36/h3-32H,1-2H3. The minimum absolute atomic E-state index is 0.103. The van der Waals surface area contributed by atoms with Gasteiger partial charge in [-0.2, -0.15) is 0 Å². The molecule has 2 aromatic heterocycles. The monoisotopic (exact) mass is 720 g/mol. The van der Waals surface area contributed by atoms with Crippen LogP contribution in [0.3, 0.4) is 0 Å². The van der Waals surface area contributed by atoms with E-state index in [0.717, 1.165) is 61.1 Å². The second-order valence-electron chi connectivity index (χ2n) is 15.2. The van der Waals surface area contributed by atoms with E-state index in [1.807, 2.05) is 36.4 Å². The van der Waals surface area contributed by atoms with Crippen molar-refractivity contribution in [2.24, 2.45) is 0 Å². The summed E-state index contributed by atoms with van der Waals surface area (Å²) in [4.78, 5) is 7.17. The zero-order chi connectivity index (χ0) is 37.4. The fourth-order valence-electron chi connectivity index (χ4n) is 8.67. The SMILES string of the molecule is CC1(C)c2ccccc2-c2c(N(c3ccc(-c4ccccc4)cc3)c3ccc(-c4ccc5oc6cc7nc(-c8ccccc8)oc7cc6c5c4)cc3)cccc21. The quantitative estimate of drug-likeness (QED) is 0.171. The molecule has 0 unspecified atom stereocenters. The highest BCUT2D eigenvalue weighted by Gasteiger charge is 2.37. The van der Waals surface area contributed by atoms with Crippen LogP contribution in [0.15, 0.2) is 191 Å². The Morgan fingerprint density at radius 2 is 1.04 bits per heavy atom. The molecule has 10 aromatic rings. The third-order valence-corrected chi connectivity index (χ3v) is 11.5. The van der Waals surface area contributed by atoms with E-state index in [1.165, 1.54) is 39.1 Å². The Bertz CT molecular complexity index is 3080. The van der Waals surface area contributed by atoms with Crippen molar-refractivity contribution in [1.29, 1.82) is 0 Å². The van der Waals surface area contributed by atoms with E-state index in [2.05, 4.69) is 164 Å². The summed E-state index contributed by atoms with van der Waals surface area (Å²) in [5, 5.41) is 2.05. The number of aromatic nitrogens is 1. The van der Waals surface area contributed by atoms with Gasteiger partial charge in [0.2, 0.25) is 5.89 Å². The molecule has 0 aliphatic heterocycles. The molecule has 0 amide bonds. The molecular formula is C52H36N2O2. The number of oxazole rings is 1. The molecule has 0 fully saturated rings. The number of hydrogen-bond donors (Lipinski definition) is 0. The summed E-state index contributed by atoms with van der Waals surface area (Å²) in [5.74, 6) is 0.605. The molecule has 0 saturated carbocycles. The van der Waals surface area contributed by atoms with Gasteiger partial charge in [0.1, 0.15) is 16.7 Å². The average molecular weight is 721 g/mol. The van der Waals surface area contributed by atoms with E-state index in [0.29, 0.717) is 5.89 Å². The lowest BCUT2D eigenvalue weighted by molar-refractivity contribution is 0.620. The topological polar surface area (TPSA) is 42.4 Å². The molecule has 266 valence electrons. The van der Waals surface area contributed by atoms with Crippen molar-refractivity contribution < 1.29 is 8.83 Å². The molecule has 0 radical (unpaired) electrons. The number of hydrogen-bond acceptors (Lipinski definition) is 4. The lowest BCUT2D eigenvalue weighted by Gasteiger charge is -2.29. The molecule has 0 N–H and O–H groups in total. The Morgan fingerprint density at radius 3 is 1.77 bits per heavy atom. The highest BCUT2D eigenvalue weighted by atomic mass is 16.4. The predicted octanol–water partition coefficient (Wildman–Crippen LogP) is 14.5. The van der Waals surface area contributed by atoms with Crippen LogP contribution in [0.5, 0.6) is 0 Å². The molecule has 0 atom stereocenters. The minimum atomic E-state index is -0.103. The maximum atomic E-state index is 6.34. The van der Waals surface area contributed by atoms with Gasteiger partial charge in [0.05, 0.1) is 5.69 Å². The third-order valence-electron chi connectivity index (χ3n) is 11.5. The maximum absolute atomic E-state index is 6.34. The lowest BCUT2D eigenvalue weighted by atomic mass is 9.82. The fraction of sp³-hybridized carbons (Fsp3) is 0.0577. The van der Waals surface area contributed by atoms with Gasteiger partial charge in [0, 0.05) is 44.8 Å². The first kappa shape index (κ1) is 32.3. The Kier molecular flexibility index (Phi) is 7.17. The largest absolute Gasteiger partial charge is 0.456 e. The summed E-state index contributed by atoms with van der Waals surface area (Å²) in [6, 6.07) is 64.6. The zero-order valence-electron chi connectivity index (χ0n) is 31.0. The smallest absolute Gasteiger partial charge is 0.227 e. The van der Waals surface area contributed by atoms with Gasteiger partial charge in [-0.15, -0.1) is 0 Å². The van der Waals surface area contributed by atoms with Gasteiger partial charge in [-0.25, -0.2) is 4.98 Å². The first-order valence-corrected chi connectivity index (χ1v) is 19.1. The van der Waals surface area contributed by atoms with Crippen molar-refractivity contribution in [2.45, 2.75) is 19.3 Å². The molecule has 11 rings (SSSR count). The van der Waals surface area contributed by atoms with Gasteiger partial charge < -0.3 is 13.7 Å². The Morgan fingerprint density at radius 1 is 0.446 bits per heavy atom. The lowest BCUT2D eigenvalue weighted by Crippen LogP contribution is -2.16. The van der Waals surface area contributed by atoms with E-state index >= 15 is 0 Å². The average Bonchev–Trinajstić information content (AvgIpc) is 3.91. The Balaban J connectivity index is 1.01. The molecule has 0 saturated heterocycles. The van der Waals surface area contributed by atoms with Crippen molar-refractivity contribution in [3.63, 3.8) is 0 Å². The number of furan rings is 1. The van der Waals surface area contributed by atoms with Crippen LogP contribution in [0, 0.1) is 0 Å². The second kappa shape index (κ2) is 12.4. The van der Waals surface area contributed by atoms with Gasteiger partial charge in [-0.1, -0.05) is 129 Å². The number of rotatable bonds is 6. The van der Waals surface area contributed by atoms with Crippen molar-refractivity contribution in [2.75, 3.05) is 4.90 Å². The maximum Gasteiger partial charge on any atom is 0.227 e. The number of nitrogens with zero attached hydrogens (tertiary/aromatic N) is 2. The summed E-state index contributed by atoms with van der Waals surface area (Å²) in [5.41, 5.74) is 17.3. The third kappa shape index (κ3) is 5.10. The minimum Gasteiger partial charge on any atom is -0.456 e. The summed E-state index contributed by atoms with van der Waals surface area (Å²) < 4.78 is 12.6. The van der Waals surface area contributed by atoms with Gasteiger partial charge in [0.25, 0.3) is 0 Å². The Hall–Kier alpha value is -7.17. The molecule has 0 spiro atoms. The molecule has 0 bridgehead atoms. The summed E-state index contributed by atoms with van der Waals surface area (Å²) in [6.07, 6.45) is 0. The molecule has 4 nitrogen and oxygen atoms in total. The van der Waals surface area contributed by atoms with E-state index < -0.39 is 0 Å². The van der Waals surface area contributed by atoms with Crippen LogP contribution in [0.25, 0.3) is 77.9 Å². The van der Waals surface area contributed by atoms with Gasteiger partial charge in [0.15, 0.2) is 5.58 Å². The first-order chi connectivity index (χ1) is 27.5. The first-order valence-electron chi connectivity index (χ1n) is 19.1. The molecule has 2 heterocycles. The number of anilines is 3. The highest BCUT2D eigenvalue weighted by Crippen LogP contribution is 2.54. The van der Waals surface area contributed by atoms with E-state index in [1.54, 1.807) is 0 Å². The molecule has 8 aromatic carbocycles. The van der Waals surface area contributed by atoms with E-state index in [4.69, 9.17) is 13.8 Å². The highest BCUT2D eigenvalue weighted by molar-refractivity contribution is 6.10. The van der Waals surface area contributed by atoms with Crippen molar-refractivity contribution >= 4 is 50.1 Å². The van der Waals surface area contributed by atoms with Crippen LogP contribution in [-0.2, 0) is 5.41 Å².